The highest BCUT2D eigenvalue weighted by Gasteiger charge is 2.11. The predicted molar refractivity (Wildman–Crippen MR) is 81.2 cm³/mol. The molecule has 20 heavy (non-hydrogen) atoms. The van der Waals surface area contributed by atoms with E-state index >= 15 is 0 Å². The highest BCUT2D eigenvalue weighted by atomic mass is 15.0. The summed E-state index contributed by atoms with van der Waals surface area (Å²) in [5, 5.41) is 9.79. The number of rotatable bonds is 7. The van der Waals surface area contributed by atoms with E-state index in [2.05, 4.69) is 34.8 Å². The third-order valence-corrected chi connectivity index (χ3v) is 3.66. The molecular formula is C16H22N4. The van der Waals surface area contributed by atoms with Gasteiger partial charge in [0.1, 0.15) is 5.65 Å². The highest BCUT2D eigenvalue weighted by molar-refractivity contribution is 5.80. The molecule has 1 atom stereocenters. The zero-order chi connectivity index (χ0) is 14.4. The van der Waals surface area contributed by atoms with Crippen molar-refractivity contribution in [2.24, 2.45) is 5.73 Å². The van der Waals surface area contributed by atoms with E-state index in [9.17, 15) is 0 Å². The van der Waals surface area contributed by atoms with Crippen molar-refractivity contribution in [3.8, 4) is 6.07 Å². The van der Waals surface area contributed by atoms with Gasteiger partial charge in [0, 0.05) is 36.8 Å². The Kier molecular flexibility index (Phi) is 5.14. The molecule has 0 saturated heterocycles. The lowest BCUT2D eigenvalue weighted by Gasteiger charge is -2.06. The van der Waals surface area contributed by atoms with Crippen molar-refractivity contribution in [2.45, 2.75) is 51.6 Å². The maximum absolute atomic E-state index is 8.58. The first-order valence-corrected chi connectivity index (χ1v) is 7.31. The van der Waals surface area contributed by atoms with Gasteiger partial charge in [-0.15, -0.1) is 0 Å². The molecule has 0 fully saturated rings. The van der Waals surface area contributed by atoms with E-state index in [1.54, 1.807) is 0 Å². The third-order valence-electron chi connectivity index (χ3n) is 3.66. The molecule has 4 nitrogen and oxygen atoms in total. The minimum absolute atomic E-state index is 0.202. The van der Waals surface area contributed by atoms with Crippen LogP contribution in [0.15, 0.2) is 24.5 Å². The Balaban J connectivity index is 2.19. The number of aryl methyl sites for hydroxylation is 1. The number of nitrogens with zero attached hydrogens (tertiary/aromatic N) is 3. The Morgan fingerprint density at radius 2 is 2.30 bits per heavy atom. The second-order valence-electron chi connectivity index (χ2n) is 5.21. The van der Waals surface area contributed by atoms with Gasteiger partial charge in [-0.2, -0.15) is 5.26 Å². The van der Waals surface area contributed by atoms with Gasteiger partial charge >= 0.3 is 0 Å². The van der Waals surface area contributed by atoms with Crippen LogP contribution in [0.3, 0.4) is 0 Å². The number of nitrogens with two attached hydrogens (primary N) is 1. The Hall–Kier alpha value is -1.86. The fourth-order valence-corrected chi connectivity index (χ4v) is 2.44. The summed E-state index contributed by atoms with van der Waals surface area (Å²) in [7, 11) is 0. The fraction of sp³-hybridized carbons (Fsp3) is 0.500. The van der Waals surface area contributed by atoms with Crippen LogP contribution < -0.4 is 5.73 Å². The summed E-state index contributed by atoms with van der Waals surface area (Å²) in [6, 6.07) is 6.48. The SMILES string of the molecule is CCC(N)Cc1cn(CCCCC#N)c2ncccc12. The van der Waals surface area contributed by atoms with Gasteiger partial charge in [-0.3, -0.25) is 0 Å². The number of fused-ring (bicyclic) bond motifs is 1. The lowest BCUT2D eigenvalue weighted by atomic mass is 10.1. The summed E-state index contributed by atoms with van der Waals surface area (Å²) < 4.78 is 2.20. The van der Waals surface area contributed by atoms with Crippen LogP contribution in [0.2, 0.25) is 0 Å². The molecule has 0 saturated carbocycles. The van der Waals surface area contributed by atoms with Crippen molar-refractivity contribution in [3.05, 3.63) is 30.1 Å². The minimum Gasteiger partial charge on any atom is -0.332 e. The molecule has 0 bridgehead atoms. The van der Waals surface area contributed by atoms with Crippen molar-refractivity contribution < 1.29 is 0 Å². The van der Waals surface area contributed by atoms with E-state index in [4.69, 9.17) is 11.0 Å². The van der Waals surface area contributed by atoms with Gasteiger partial charge in [0.2, 0.25) is 0 Å². The molecule has 2 rings (SSSR count). The number of pyridine rings is 1. The first-order chi connectivity index (χ1) is 9.76. The van der Waals surface area contributed by atoms with Gasteiger partial charge in [0.25, 0.3) is 0 Å². The Labute approximate surface area is 120 Å². The first kappa shape index (κ1) is 14.5. The van der Waals surface area contributed by atoms with E-state index in [0.29, 0.717) is 6.42 Å². The number of unbranched alkanes of at least 4 members (excludes halogenated alkanes) is 2. The zero-order valence-corrected chi connectivity index (χ0v) is 12.0. The fourth-order valence-electron chi connectivity index (χ4n) is 2.44. The molecule has 2 N–H and O–H groups in total. The van der Waals surface area contributed by atoms with Crippen LogP contribution in [0, 0.1) is 11.3 Å². The smallest absolute Gasteiger partial charge is 0.140 e. The molecule has 4 heteroatoms. The van der Waals surface area contributed by atoms with Crippen molar-refractivity contribution >= 4 is 11.0 Å². The molecule has 2 heterocycles. The molecule has 0 aliphatic rings. The van der Waals surface area contributed by atoms with Gasteiger partial charge in [-0.25, -0.2) is 4.98 Å². The molecule has 0 spiro atoms. The number of aromatic nitrogens is 2. The molecule has 0 amide bonds. The van der Waals surface area contributed by atoms with E-state index < -0.39 is 0 Å². The molecule has 2 aromatic rings. The highest BCUT2D eigenvalue weighted by Crippen LogP contribution is 2.21. The first-order valence-electron chi connectivity index (χ1n) is 7.31. The second-order valence-corrected chi connectivity index (χ2v) is 5.21. The maximum Gasteiger partial charge on any atom is 0.140 e. The van der Waals surface area contributed by atoms with Crippen molar-refractivity contribution in [1.29, 1.82) is 5.26 Å². The summed E-state index contributed by atoms with van der Waals surface area (Å²) in [5.41, 5.74) is 8.39. The van der Waals surface area contributed by atoms with E-state index in [1.807, 2.05) is 12.3 Å². The number of hydrogen-bond acceptors (Lipinski definition) is 3. The number of nitriles is 1. The Morgan fingerprint density at radius 3 is 3.05 bits per heavy atom. The van der Waals surface area contributed by atoms with Crippen LogP contribution in [0.5, 0.6) is 0 Å². The van der Waals surface area contributed by atoms with Crippen LogP contribution >= 0.6 is 0 Å². The topological polar surface area (TPSA) is 67.6 Å². The summed E-state index contributed by atoms with van der Waals surface area (Å²) in [6.45, 7) is 3.03. The van der Waals surface area contributed by atoms with Crippen molar-refractivity contribution in [3.63, 3.8) is 0 Å². The molecule has 0 aliphatic carbocycles. The third kappa shape index (κ3) is 3.37. The summed E-state index contributed by atoms with van der Waals surface area (Å²) in [5.74, 6) is 0. The molecule has 1 unspecified atom stereocenters. The quantitative estimate of drug-likeness (QED) is 0.786. The minimum atomic E-state index is 0.202. The van der Waals surface area contributed by atoms with Crippen LogP contribution in [0.4, 0.5) is 0 Å². The van der Waals surface area contributed by atoms with Gasteiger partial charge < -0.3 is 10.3 Å². The number of hydrogen-bond donors (Lipinski definition) is 1. The Bertz CT molecular complexity index is 594. The summed E-state index contributed by atoms with van der Waals surface area (Å²) in [6.07, 6.45) is 8.45. The Morgan fingerprint density at radius 1 is 1.45 bits per heavy atom. The lowest BCUT2D eigenvalue weighted by Crippen LogP contribution is -2.21. The van der Waals surface area contributed by atoms with Crippen LogP contribution in [-0.4, -0.2) is 15.6 Å². The average molecular weight is 270 g/mol. The molecular weight excluding hydrogens is 248 g/mol. The summed E-state index contributed by atoms with van der Waals surface area (Å²) >= 11 is 0. The van der Waals surface area contributed by atoms with Crippen LogP contribution in [-0.2, 0) is 13.0 Å². The molecule has 0 radical (unpaired) electrons. The van der Waals surface area contributed by atoms with Crippen LogP contribution in [0.25, 0.3) is 11.0 Å². The second kappa shape index (κ2) is 7.06. The van der Waals surface area contributed by atoms with E-state index in [0.717, 1.165) is 37.9 Å². The molecule has 0 aliphatic heterocycles. The predicted octanol–water partition coefficient (Wildman–Crippen LogP) is 3.01. The van der Waals surface area contributed by atoms with Crippen molar-refractivity contribution in [1.82, 2.24) is 9.55 Å². The monoisotopic (exact) mass is 270 g/mol. The maximum atomic E-state index is 8.58. The van der Waals surface area contributed by atoms with Crippen LogP contribution in [0.1, 0.15) is 38.2 Å². The van der Waals surface area contributed by atoms with Gasteiger partial charge in [0.15, 0.2) is 0 Å². The molecule has 0 aromatic carbocycles. The van der Waals surface area contributed by atoms with Gasteiger partial charge in [0.05, 0.1) is 6.07 Å². The van der Waals surface area contributed by atoms with E-state index in [-0.39, 0.29) is 6.04 Å². The van der Waals surface area contributed by atoms with Gasteiger partial charge in [-0.05, 0) is 43.4 Å². The molecule has 106 valence electrons. The van der Waals surface area contributed by atoms with Gasteiger partial charge in [-0.1, -0.05) is 6.92 Å². The lowest BCUT2D eigenvalue weighted by molar-refractivity contribution is 0.620. The zero-order valence-electron chi connectivity index (χ0n) is 12.0. The molecule has 2 aromatic heterocycles. The van der Waals surface area contributed by atoms with E-state index in [1.165, 1.54) is 10.9 Å². The normalized spacial score (nSPS) is 12.4. The summed E-state index contributed by atoms with van der Waals surface area (Å²) in [4.78, 5) is 4.49. The largest absolute Gasteiger partial charge is 0.332 e. The standard InChI is InChI=1S/C16H22N4/c1-2-14(18)11-13-12-20(10-5-3-4-8-17)16-15(13)7-6-9-19-16/h6-7,9,12,14H,2-5,10-11,18H2,1H3. The van der Waals surface area contributed by atoms with Crippen molar-refractivity contribution in [2.75, 3.05) is 0 Å². The average Bonchev–Trinajstić information content (AvgIpc) is 2.82.